The topological polar surface area (TPSA) is 26.0 Å². The Labute approximate surface area is 88.5 Å². The molecule has 1 atom stereocenters. The molecule has 0 aliphatic carbocycles. The molecular weight excluding hydrogens is 231 g/mol. The van der Waals surface area contributed by atoms with Gasteiger partial charge in [-0.25, -0.2) is 0 Å². The zero-order valence-electron chi connectivity index (χ0n) is 7.25. The highest BCUT2D eigenvalue weighted by Gasteiger charge is 2.39. The lowest BCUT2D eigenvalue weighted by atomic mass is 10.3. The van der Waals surface area contributed by atoms with Gasteiger partial charge in [-0.05, 0) is 24.4 Å². The van der Waals surface area contributed by atoms with E-state index in [1.165, 1.54) is 11.3 Å². The molecule has 0 spiro atoms. The highest BCUT2D eigenvalue weighted by molar-refractivity contribution is 8.01. The van der Waals surface area contributed by atoms with Crippen LogP contribution >= 0.6 is 23.1 Å². The van der Waals surface area contributed by atoms with Crippen LogP contribution in [0.2, 0.25) is 0 Å². The molecule has 2 N–H and O–H groups in total. The van der Waals surface area contributed by atoms with Crippen LogP contribution < -0.4 is 5.73 Å². The van der Waals surface area contributed by atoms with E-state index in [2.05, 4.69) is 0 Å². The molecule has 0 bridgehead atoms. The van der Waals surface area contributed by atoms with Gasteiger partial charge in [-0.2, -0.15) is 13.2 Å². The summed E-state index contributed by atoms with van der Waals surface area (Å²) in [6.45, 7) is 0.0581. The van der Waals surface area contributed by atoms with Crippen molar-refractivity contribution < 1.29 is 13.2 Å². The summed E-state index contributed by atoms with van der Waals surface area (Å²) in [5, 5.41) is 0.379. The molecule has 1 aromatic rings. The number of alkyl halides is 3. The largest absolute Gasteiger partial charge is 0.400 e. The second kappa shape index (κ2) is 5.04. The minimum Gasteiger partial charge on any atom is -0.330 e. The second-order valence-corrected chi connectivity index (χ2v) is 5.11. The van der Waals surface area contributed by atoms with Gasteiger partial charge in [0.05, 0.1) is 4.21 Å². The third kappa shape index (κ3) is 3.51. The van der Waals surface area contributed by atoms with Gasteiger partial charge < -0.3 is 5.73 Å². The molecule has 6 heteroatoms. The van der Waals surface area contributed by atoms with Crippen molar-refractivity contribution in [2.24, 2.45) is 5.73 Å². The van der Waals surface area contributed by atoms with Crippen LogP contribution in [0.25, 0.3) is 0 Å². The van der Waals surface area contributed by atoms with E-state index < -0.39 is 11.4 Å². The van der Waals surface area contributed by atoms with Crippen LogP contribution in [0.3, 0.4) is 0 Å². The molecule has 0 saturated carbocycles. The molecule has 1 aromatic heterocycles. The molecule has 1 rings (SSSR count). The third-order valence-electron chi connectivity index (χ3n) is 1.55. The third-order valence-corrected chi connectivity index (χ3v) is 3.94. The van der Waals surface area contributed by atoms with Crippen LogP contribution in [0.1, 0.15) is 6.42 Å². The highest BCUT2D eigenvalue weighted by Crippen LogP contribution is 2.38. The molecule has 1 heterocycles. The standard InChI is InChI=1S/C8H10F3NS2/c9-8(10,11)6(3-4-12)14-7-2-1-5-13-7/h1-2,5-6H,3-4,12H2. The van der Waals surface area contributed by atoms with Crippen molar-refractivity contribution in [3.8, 4) is 0 Å². The Morgan fingerprint density at radius 3 is 2.64 bits per heavy atom. The van der Waals surface area contributed by atoms with Crippen molar-refractivity contribution in [2.75, 3.05) is 6.54 Å². The number of hydrogen-bond donors (Lipinski definition) is 1. The van der Waals surface area contributed by atoms with Gasteiger partial charge in [-0.3, -0.25) is 0 Å². The molecule has 0 aliphatic rings. The average Bonchev–Trinajstić information content (AvgIpc) is 2.54. The summed E-state index contributed by atoms with van der Waals surface area (Å²) < 4.78 is 38.0. The molecule has 0 fully saturated rings. The molecule has 1 nitrogen and oxygen atoms in total. The first kappa shape index (κ1) is 11.9. The Kier molecular flexibility index (Phi) is 4.28. The number of thiophene rings is 1. The lowest BCUT2D eigenvalue weighted by molar-refractivity contribution is -0.129. The van der Waals surface area contributed by atoms with Crippen molar-refractivity contribution >= 4 is 23.1 Å². The maximum absolute atomic E-state index is 12.4. The molecule has 0 saturated heterocycles. The van der Waals surface area contributed by atoms with Crippen LogP contribution in [-0.4, -0.2) is 18.0 Å². The Hall–Kier alpha value is -0.200. The first-order valence-corrected chi connectivity index (χ1v) is 5.77. The molecule has 0 amide bonds. The Morgan fingerprint density at radius 1 is 1.50 bits per heavy atom. The van der Waals surface area contributed by atoms with E-state index in [4.69, 9.17) is 5.73 Å². The molecule has 14 heavy (non-hydrogen) atoms. The van der Waals surface area contributed by atoms with Crippen molar-refractivity contribution in [3.05, 3.63) is 17.5 Å². The number of nitrogens with two attached hydrogens (primary N) is 1. The fourth-order valence-corrected chi connectivity index (χ4v) is 2.92. The SMILES string of the molecule is NCCC(Sc1cccs1)C(F)(F)F. The van der Waals surface area contributed by atoms with E-state index in [1.807, 2.05) is 0 Å². The number of thioether (sulfide) groups is 1. The summed E-state index contributed by atoms with van der Waals surface area (Å²) in [6.07, 6.45) is -4.21. The fraction of sp³-hybridized carbons (Fsp3) is 0.500. The molecule has 0 radical (unpaired) electrons. The van der Waals surface area contributed by atoms with Gasteiger partial charge in [0.1, 0.15) is 5.25 Å². The van der Waals surface area contributed by atoms with Crippen molar-refractivity contribution in [1.29, 1.82) is 0 Å². The van der Waals surface area contributed by atoms with Crippen LogP contribution in [-0.2, 0) is 0 Å². The van der Waals surface area contributed by atoms with Crippen LogP contribution in [0.15, 0.2) is 21.7 Å². The van der Waals surface area contributed by atoms with E-state index in [0.29, 0.717) is 4.21 Å². The normalized spacial score (nSPS) is 14.3. The zero-order chi connectivity index (χ0) is 10.6. The summed E-state index contributed by atoms with van der Waals surface area (Å²) >= 11 is 2.16. The predicted molar refractivity (Wildman–Crippen MR) is 53.7 cm³/mol. The van der Waals surface area contributed by atoms with E-state index in [0.717, 1.165) is 11.8 Å². The smallest absolute Gasteiger partial charge is 0.330 e. The Morgan fingerprint density at radius 2 is 2.21 bits per heavy atom. The molecule has 0 aromatic carbocycles. The van der Waals surface area contributed by atoms with Gasteiger partial charge >= 0.3 is 6.18 Å². The molecule has 80 valence electrons. The van der Waals surface area contributed by atoms with Crippen molar-refractivity contribution in [3.63, 3.8) is 0 Å². The van der Waals surface area contributed by atoms with E-state index in [-0.39, 0.29) is 13.0 Å². The highest BCUT2D eigenvalue weighted by atomic mass is 32.2. The van der Waals surface area contributed by atoms with E-state index in [9.17, 15) is 13.2 Å². The fourth-order valence-electron chi connectivity index (χ4n) is 0.912. The minimum atomic E-state index is -4.17. The summed E-state index contributed by atoms with van der Waals surface area (Å²) in [7, 11) is 0. The summed E-state index contributed by atoms with van der Waals surface area (Å²) in [5.74, 6) is 0. The van der Waals surface area contributed by atoms with E-state index >= 15 is 0 Å². The lowest BCUT2D eigenvalue weighted by Gasteiger charge is -2.17. The van der Waals surface area contributed by atoms with Gasteiger partial charge in [0.2, 0.25) is 0 Å². The summed E-state index contributed by atoms with van der Waals surface area (Å²) in [6, 6.07) is 3.42. The Balaban J connectivity index is 2.60. The van der Waals surface area contributed by atoms with Crippen molar-refractivity contribution in [1.82, 2.24) is 0 Å². The Bertz CT molecular complexity index is 258. The van der Waals surface area contributed by atoms with Gasteiger partial charge in [0.25, 0.3) is 0 Å². The number of rotatable bonds is 4. The van der Waals surface area contributed by atoms with Gasteiger partial charge in [-0.15, -0.1) is 23.1 Å². The van der Waals surface area contributed by atoms with Gasteiger partial charge in [0.15, 0.2) is 0 Å². The van der Waals surface area contributed by atoms with Crippen LogP contribution in [0.5, 0.6) is 0 Å². The van der Waals surface area contributed by atoms with Crippen LogP contribution in [0.4, 0.5) is 13.2 Å². The summed E-state index contributed by atoms with van der Waals surface area (Å²) in [5.41, 5.74) is 5.15. The van der Waals surface area contributed by atoms with Crippen molar-refractivity contribution in [2.45, 2.75) is 22.1 Å². The van der Waals surface area contributed by atoms with Gasteiger partial charge in [0, 0.05) is 0 Å². The maximum Gasteiger partial charge on any atom is 0.400 e. The minimum absolute atomic E-state index is 0.0356. The second-order valence-electron chi connectivity index (χ2n) is 2.66. The van der Waals surface area contributed by atoms with Gasteiger partial charge in [-0.1, -0.05) is 6.07 Å². The first-order valence-electron chi connectivity index (χ1n) is 4.01. The zero-order valence-corrected chi connectivity index (χ0v) is 8.88. The van der Waals surface area contributed by atoms with E-state index in [1.54, 1.807) is 17.5 Å². The molecular formula is C8H10F3NS2. The maximum atomic E-state index is 12.4. The number of hydrogen-bond acceptors (Lipinski definition) is 3. The van der Waals surface area contributed by atoms with Crippen LogP contribution in [0, 0.1) is 0 Å². The average molecular weight is 241 g/mol. The molecule has 1 unspecified atom stereocenters. The monoisotopic (exact) mass is 241 g/mol. The molecule has 0 aliphatic heterocycles. The number of halogens is 3. The first-order chi connectivity index (χ1) is 6.54. The predicted octanol–water partition coefficient (Wildman–Crippen LogP) is 3.12. The lowest BCUT2D eigenvalue weighted by Crippen LogP contribution is -2.27. The quantitative estimate of drug-likeness (QED) is 0.820. The summed E-state index contributed by atoms with van der Waals surface area (Å²) in [4.78, 5) is 0.